The molecule has 1 aliphatic heterocycles. The Hall–Kier alpha value is -2.69. The highest BCUT2D eigenvalue weighted by atomic mass is 16.7. The first-order valence-corrected chi connectivity index (χ1v) is 9.04. The minimum Gasteiger partial charge on any atom is -0.344 e. The first kappa shape index (κ1) is 19.1. The second kappa shape index (κ2) is 8.33. The van der Waals surface area contributed by atoms with E-state index in [4.69, 9.17) is 9.57 Å². The number of hydrogen-bond acceptors (Lipinski definition) is 3. The zero-order valence-corrected chi connectivity index (χ0v) is 15.7. The van der Waals surface area contributed by atoms with Gasteiger partial charge in [-0.2, -0.15) is 5.06 Å². The topological polar surface area (TPSA) is 38.8 Å². The maximum absolute atomic E-state index is 13.1. The molecule has 0 radical (unpaired) electrons. The Morgan fingerprint density at radius 1 is 1.11 bits per heavy atom. The summed E-state index contributed by atoms with van der Waals surface area (Å²) in [7, 11) is 0. The van der Waals surface area contributed by atoms with E-state index in [1.54, 1.807) is 6.08 Å². The highest BCUT2D eigenvalue weighted by Gasteiger charge is 2.47. The minimum absolute atomic E-state index is 0.128. The molecule has 140 valence electrons. The van der Waals surface area contributed by atoms with Crippen LogP contribution in [0.3, 0.4) is 0 Å². The monoisotopic (exact) mass is 363 g/mol. The molecule has 4 nitrogen and oxygen atoms in total. The van der Waals surface area contributed by atoms with E-state index in [2.05, 4.69) is 6.58 Å². The molecule has 0 saturated carbocycles. The fourth-order valence-electron chi connectivity index (χ4n) is 2.95. The molecule has 1 amide bonds. The number of hydroxylamine groups is 2. The van der Waals surface area contributed by atoms with E-state index >= 15 is 0 Å². The Morgan fingerprint density at radius 3 is 2.37 bits per heavy atom. The van der Waals surface area contributed by atoms with Crippen molar-refractivity contribution in [3.05, 3.63) is 90.5 Å². The lowest BCUT2D eigenvalue weighted by Crippen LogP contribution is -2.58. The van der Waals surface area contributed by atoms with Crippen molar-refractivity contribution < 1.29 is 14.4 Å². The SMILES string of the molecule is C=CC1OC(/C=C/c2ccccc2)C(C)(C)C(=O)N1OCc1ccccc1. The van der Waals surface area contributed by atoms with Crippen molar-refractivity contribution in [3.63, 3.8) is 0 Å². The number of rotatable bonds is 6. The second-order valence-electron chi connectivity index (χ2n) is 7.06. The molecule has 2 aromatic rings. The van der Waals surface area contributed by atoms with Gasteiger partial charge in [0.25, 0.3) is 5.91 Å². The van der Waals surface area contributed by atoms with Gasteiger partial charge >= 0.3 is 0 Å². The van der Waals surface area contributed by atoms with E-state index in [0.29, 0.717) is 6.61 Å². The third-order valence-corrected chi connectivity index (χ3v) is 4.66. The smallest absolute Gasteiger partial charge is 0.257 e. The van der Waals surface area contributed by atoms with Crippen LogP contribution < -0.4 is 0 Å². The molecule has 1 heterocycles. The molecule has 0 bridgehead atoms. The van der Waals surface area contributed by atoms with Gasteiger partial charge in [0.15, 0.2) is 6.23 Å². The van der Waals surface area contributed by atoms with Crippen molar-refractivity contribution in [1.82, 2.24) is 5.06 Å². The fraction of sp³-hybridized carbons (Fsp3) is 0.261. The van der Waals surface area contributed by atoms with E-state index < -0.39 is 11.6 Å². The summed E-state index contributed by atoms with van der Waals surface area (Å²) in [6.45, 7) is 7.83. The molecular weight excluding hydrogens is 338 g/mol. The number of amides is 1. The Kier molecular flexibility index (Phi) is 5.89. The van der Waals surface area contributed by atoms with Gasteiger partial charge in [0.1, 0.15) is 6.61 Å². The van der Waals surface area contributed by atoms with Crippen LogP contribution in [0.5, 0.6) is 0 Å². The largest absolute Gasteiger partial charge is 0.344 e. The first-order chi connectivity index (χ1) is 13.0. The molecule has 2 atom stereocenters. The third-order valence-electron chi connectivity index (χ3n) is 4.66. The molecule has 1 fully saturated rings. The fourth-order valence-corrected chi connectivity index (χ4v) is 2.95. The van der Waals surface area contributed by atoms with Gasteiger partial charge in [0.2, 0.25) is 0 Å². The lowest BCUT2D eigenvalue weighted by atomic mass is 9.83. The number of carbonyl (C=O) groups excluding carboxylic acids is 1. The molecule has 0 aliphatic carbocycles. The molecule has 27 heavy (non-hydrogen) atoms. The van der Waals surface area contributed by atoms with Crippen molar-refractivity contribution in [2.45, 2.75) is 32.8 Å². The molecule has 1 saturated heterocycles. The Labute approximate surface area is 160 Å². The summed E-state index contributed by atoms with van der Waals surface area (Å²) in [6.07, 6.45) is 4.46. The van der Waals surface area contributed by atoms with Crippen molar-refractivity contribution in [2.24, 2.45) is 5.41 Å². The predicted octanol–water partition coefficient (Wildman–Crippen LogP) is 4.60. The molecule has 0 aromatic heterocycles. The lowest BCUT2D eigenvalue weighted by Gasteiger charge is -2.44. The van der Waals surface area contributed by atoms with Crippen LogP contribution in [0.15, 0.2) is 79.4 Å². The van der Waals surface area contributed by atoms with Gasteiger partial charge in [-0.25, -0.2) is 0 Å². The third kappa shape index (κ3) is 4.35. The van der Waals surface area contributed by atoms with Gasteiger partial charge in [0.05, 0.1) is 11.5 Å². The minimum atomic E-state index is -0.762. The van der Waals surface area contributed by atoms with E-state index in [0.717, 1.165) is 11.1 Å². The summed E-state index contributed by atoms with van der Waals surface area (Å²) in [5, 5.41) is 1.30. The van der Waals surface area contributed by atoms with E-state index in [-0.39, 0.29) is 12.0 Å². The van der Waals surface area contributed by atoms with Crippen LogP contribution in [0, 0.1) is 5.41 Å². The maximum Gasteiger partial charge on any atom is 0.257 e. The zero-order chi connectivity index (χ0) is 19.3. The Balaban J connectivity index is 1.75. The lowest BCUT2D eigenvalue weighted by molar-refractivity contribution is -0.279. The zero-order valence-electron chi connectivity index (χ0n) is 15.7. The molecule has 1 aliphatic rings. The van der Waals surface area contributed by atoms with Crippen LogP contribution >= 0.6 is 0 Å². The average Bonchev–Trinajstić information content (AvgIpc) is 2.70. The van der Waals surface area contributed by atoms with Crippen molar-refractivity contribution >= 4 is 12.0 Å². The number of ether oxygens (including phenoxy) is 1. The van der Waals surface area contributed by atoms with E-state index in [1.165, 1.54) is 5.06 Å². The molecule has 4 heteroatoms. The normalized spacial score (nSPS) is 22.1. The maximum atomic E-state index is 13.1. The Bertz CT molecular complexity index is 799. The second-order valence-corrected chi connectivity index (χ2v) is 7.06. The summed E-state index contributed by atoms with van der Waals surface area (Å²) in [4.78, 5) is 18.9. The number of hydrogen-bond donors (Lipinski definition) is 0. The van der Waals surface area contributed by atoms with Crippen LogP contribution in [0.4, 0.5) is 0 Å². The van der Waals surface area contributed by atoms with Crippen LogP contribution in [-0.4, -0.2) is 23.3 Å². The molecule has 2 aromatic carbocycles. The summed E-state index contributed by atoms with van der Waals surface area (Å²) in [5.74, 6) is -0.128. The number of benzene rings is 2. The number of nitrogens with zero attached hydrogens (tertiary/aromatic N) is 1. The highest BCUT2D eigenvalue weighted by Crippen LogP contribution is 2.35. The molecule has 0 N–H and O–H groups in total. The molecular formula is C23H25NO3. The van der Waals surface area contributed by atoms with Gasteiger partial charge < -0.3 is 4.74 Å². The van der Waals surface area contributed by atoms with Gasteiger partial charge in [-0.1, -0.05) is 79.4 Å². The quantitative estimate of drug-likeness (QED) is 0.704. The highest BCUT2D eigenvalue weighted by molar-refractivity contribution is 5.83. The van der Waals surface area contributed by atoms with Gasteiger partial charge in [-0.15, -0.1) is 0 Å². The molecule has 0 spiro atoms. The summed E-state index contributed by atoms with van der Waals surface area (Å²) >= 11 is 0. The molecule has 3 rings (SSSR count). The van der Waals surface area contributed by atoms with Crippen molar-refractivity contribution in [2.75, 3.05) is 0 Å². The van der Waals surface area contributed by atoms with Gasteiger partial charge in [0, 0.05) is 0 Å². The summed E-state index contributed by atoms with van der Waals surface area (Å²) in [5.41, 5.74) is 1.28. The number of carbonyl (C=O) groups is 1. The van der Waals surface area contributed by atoms with Gasteiger partial charge in [-0.3, -0.25) is 9.63 Å². The first-order valence-electron chi connectivity index (χ1n) is 9.04. The molecule has 2 unspecified atom stereocenters. The summed E-state index contributed by atoms with van der Waals surface area (Å²) < 4.78 is 6.12. The standard InChI is InChI=1S/C23H25NO3/c1-4-21-24(26-17-19-13-9-6-10-14-19)22(25)23(2,3)20(27-21)16-15-18-11-7-5-8-12-18/h4-16,20-21H,1,17H2,2-3H3/b16-15+. The average molecular weight is 363 g/mol. The van der Waals surface area contributed by atoms with Crippen LogP contribution in [0.1, 0.15) is 25.0 Å². The van der Waals surface area contributed by atoms with Crippen LogP contribution in [-0.2, 0) is 21.0 Å². The van der Waals surface area contributed by atoms with Crippen molar-refractivity contribution in [1.29, 1.82) is 0 Å². The van der Waals surface area contributed by atoms with E-state index in [1.807, 2.05) is 86.7 Å². The predicted molar refractivity (Wildman–Crippen MR) is 106 cm³/mol. The van der Waals surface area contributed by atoms with Crippen molar-refractivity contribution in [3.8, 4) is 0 Å². The van der Waals surface area contributed by atoms with E-state index in [9.17, 15) is 4.79 Å². The van der Waals surface area contributed by atoms with Crippen LogP contribution in [0.2, 0.25) is 0 Å². The Morgan fingerprint density at radius 2 is 1.74 bits per heavy atom. The van der Waals surface area contributed by atoms with Gasteiger partial charge in [-0.05, 0) is 31.1 Å². The summed E-state index contributed by atoms with van der Waals surface area (Å²) in [6, 6.07) is 19.7. The van der Waals surface area contributed by atoms with Crippen LogP contribution in [0.25, 0.3) is 6.08 Å².